The zero-order valence-corrected chi connectivity index (χ0v) is 8.91. The second-order valence-electron chi connectivity index (χ2n) is 2.87. The predicted molar refractivity (Wildman–Crippen MR) is 55.5 cm³/mol. The van der Waals surface area contributed by atoms with Crippen molar-refractivity contribution >= 4 is 16.0 Å². The average molecular weight is 238 g/mol. The molecule has 5 nitrogen and oxygen atoms in total. The van der Waals surface area contributed by atoms with Gasteiger partial charge < -0.3 is 5.11 Å². The van der Waals surface area contributed by atoms with Crippen LogP contribution in [-0.4, -0.2) is 26.0 Å². The lowest BCUT2D eigenvalue weighted by molar-refractivity contribution is -0.135. The second-order valence-corrected chi connectivity index (χ2v) is 4.63. The van der Waals surface area contributed by atoms with Crippen LogP contribution in [0.4, 0.5) is 0 Å². The molecule has 0 aliphatic heterocycles. The van der Waals surface area contributed by atoms with Crippen LogP contribution in [0.1, 0.15) is 5.56 Å². The Morgan fingerprint density at radius 1 is 1.38 bits per heavy atom. The summed E-state index contributed by atoms with van der Waals surface area (Å²) < 4.78 is 24.9. The van der Waals surface area contributed by atoms with Gasteiger partial charge >= 0.3 is 5.97 Å². The highest BCUT2D eigenvalue weighted by atomic mass is 32.2. The molecule has 1 aromatic rings. The fourth-order valence-electron chi connectivity index (χ4n) is 0.958. The van der Waals surface area contributed by atoms with Crippen molar-refractivity contribution in [1.29, 1.82) is 0 Å². The number of benzene rings is 1. The van der Waals surface area contributed by atoms with E-state index in [0.717, 1.165) is 0 Å². The Labute approximate surface area is 93.2 Å². The number of sulfonamides is 1. The molecule has 0 atom stereocenters. The molecule has 0 aliphatic carbocycles. The Kier molecular flexibility index (Phi) is 3.66. The van der Waals surface area contributed by atoms with Crippen molar-refractivity contribution in [2.75, 3.05) is 6.54 Å². The minimum atomic E-state index is -3.80. The van der Waals surface area contributed by atoms with E-state index in [1.54, 1.807) is 0 Å². The molecular weight excluding hydrogens is 230 g/mol. The van der Waals surface area contributed by atoms with Gasteiger partial charge in [0.2, 0.25) is 10.0 Å². The number of carbonyl (C=O) groups is 1. The minimum Gasteiger partial charge on any atom is -0.480 e. The lowest BCUT2D eigenvalue weighted by Gasteiger charge is -2.04. The highest BCUT2D eigenvalue weighted by molar-refractivity contribution is 7.89. The number of nitrogens with one attached hydrogen (secondary N) is 1. The zero-order valence-electron chi connectivity index (χ0n) is 8.10. The molecule has 6 heteroatoms. The molecule has 0 spiro atoms. The van der Waals surface area contributed by atoms with Gasteiger partial charge in [-0.05, 0) is 30.7 Å². The molecule has 2 N–H and O–H groups in total. The zero-order chi connectivity index (χ0) is 12.2. The van der Waals surface area contributed by atoms with Crippen LogP contribution in [-0.2, 0) is 14.8 Å². The van der Waals surface area contributed by atoms with Crippen molar-refractivity contribution in [2.24, 2.45) is 0 Å². The van der Waals surface area contributed by atoms with Crippen molar-refractivity contribution in [2.45, 2.75) is 4.90 Å². The highest BCUT2D eigenvalue weighted by Gasteiger charge is 2.14. The van der Waals surface area contributed by atoms with E-state index in [4.69, 9.17) is 11.5 Å². The molecule has 0 heterocycles. The molecule has 0 saturated carbocycles. The van der Waals surface area contributed by atoms with Gasteiger partial charge in [-0.25, -0.2) is 8.42 Å². The smallest absolute Gasteiger partial charge is 0.318 e. The van der Waals surface area contributed by atoms with Gasteiger partial charge in [0.15, 0.2) is 0 Å². The van der Waals surface area contributed by atoms with Crippen LogP contribution in [0.25, 0.3) is 0 Å². The van der Waals surface area contributed by atoms with E-state index in [1.165, 1.54) is 24.3 Å². The molecule has 1 radical (unpaired) electrons. The van der Waals surface area contributed by atoms with Gasteiger partial charge in [-0.1, -0.05) is 5.92 Å². The Hall–Kier alpha value is -1.84. The summed E-state index contributed by atoms with van der Waals surface area (Å²) in [5.41, 5.74) is 0.442. The van der Waals surface area contributed by atoms with Gasteiger partial charge in [-0.3, -0.25) is 4.79 Å². The van der Waals surface area contributed by atoms with Crippen LogP contribution < -0.4 is 4.72 Å². The minimum absolute atomic E-state index is 0.0484. The first kappa shape index (κ1) is 12.2. The summed E-state index contributed by atoms with van der Waals surface area (Å²) in [4.78, 5) is 10.2. The third kappa shape index (κ3) is 3.08. The molecule has 1 rings (SSSR count). The van der Waals surface area contributed by atoms with E-state index >= 15 is 0 Å². The topological polar surface area (TPSA) is 83.5 Å². The highest BCUT2D eigenvalue weighted by Crippen LogP contribution is 2.09. The maximum Gasteiger partial charge on any atom is 0.318 e. The lowest BCUT2D eigenvalue weighted by Crippen LogP contribution is -2.29. The molecule has 83 valence electrons. The third-order valence-electron chi connectivity index (χ3n) is 1.72. The van der Waals surface area contributed by atoms with E-state index in [1.807, 2.05) is 4.72 Å². The van der Waals surface area contributed by atoms with Crippen molar-refractivity contribution in [3.63, 3.8) is 0 Å². The summed E-state index contributed by atoms with van der Waals surface area (Å²) in [5.74, 6) is 0.840. The predicted octanol–water partition coefficient (Wildman–Crippen LogP) is -0.0126. The quantitative estimate of drug-likeness (QED) is 0.722. The summed E-state index contributed by atoms with van der Waals surface area (Å²) in [6.07, 6.45) is 6.81. The Morgan fingerprint density at radius 3 is 2.38 bits per heavy atom. The molecule has 0 aromatic heterocycles. The van der Waals surface area contributed by atoms with E-state index in [9.17, 15) is 13.2 Å². The first-order valence-corrected chi connectivity index (χ1v) is 5.68. The normalized spacial score (nSPS) is 10.7. The van der Waals surface area contributed by atoms with Crippen LogP contribution in [0.15, 0.2) is 29.2 Å². The number of rotatable bonds is 4. The summed E-state index contributed by atoms with van der Waals surface area (Å²) in [5, 5.41) is 8.34. The van der Waals surface area contributed by atoms with E-state index < -0.39 is 22.5 Å². The van der Waals surface area contributed by atoms with Crippen molar-refractivity contribution < 1.29 is 18.3 Å². The number of hydrogen-bond donors (Lipinski definition) is 2. The Morgan fingerprint density at radius 2 is 1.94 bits per heavy atom. The molecule has 0 amide bonds. The lowest BCUT2D eigenvalue weighted by atomic mass is 10.2. The van der Waals surface area contributed by atoms with Crippen LogP contribution in [0.2, 0.25) is 0 Å². The van der Waals surface area contributed by atoms with Gasteiger partial charge in [0.25, 0.3) is 0 Å². The standard InChI is InChI=1S/C10H8NO4S/c1-2-8-3-5-9(6-4-8)16(14,15)11-7-10(12)13/h3-6,11H,7H2,(H,12,13). The van der Waals surface area contributed by atoms with Crippen molar-refractivity contribution in [3.8, 4) is 5.92 Å². The van der Waals surface area contributed by atoms with Crippen LogP contribution in [0, 0.1) is 12.3 Å². The number of carboxylic acids is 1. The summed E-state index contributed by atoms with van der Waals surface area (Å²) in [7, 11) is -3.80. The molecule has 0 unspecified atom stereocenters. The monoisotopic (exact) mass is 238 g/mol. The molecular formula is C10H8NO4S. The first-order valence-electron chi connectivity index (χ1n) is 4.20. The molecule has 1 aromatic carbocycles. The SMILES string of the molecule is [C]#Cc1ccc(S(=O)(=O)NCC(=O)O)cc1. The van der Waals surface area contributed by atoms with Gasteiger partial charge in [-0.15, -0.1) is 0 Å². The summed E-state index contributed by atoms with van der Waals surface area (Å²) >= 11 is 0. The maximum absolute atomic E-state index is 11.5. The maximum atomic E-state index is 11.5. The average Bonchev–Trinajstić information content (AvgIpc) is 2.27. The fraction of sp³-hybridized carbons (Fsp3) is 0.100. The van der Waals surface area contributed by atoms with Crippen molar-refractivity contribution in [3.05, 3.63) is 36.3 Å². The number of hydrogen-bond acceptors (Lipinski definition) is 3. The van der Waals surface area contributed by atoms with Crippen LogP contribution in [0.3, 0.4) is 0 Å². The molecule has 0 aliphatic rings. The third-order valence-corrected chi connectivity index (χ3v) is 3.14. The Balaban J connectivity index is 2.91. The van der Waals surface area contributed by atoms with Crippen LogP contribution >= 0.6 is 0 Å². The number of aliphatic carboxylic acids is 1. The second kappa shape index (κ2) is 4.79. The molecule has 0 saturated heterocycles. The van der Waals surface area contributed by atoms with Gasteiger partial charge in [-0.2, -0.15) is 4.72 Å². The van der Waals surface area contributed by atoms with E-state index in [-0.39, 0.29) is 4.90 Å². The number of carboxylic acid groups (broad SMARTS) is 1. The molecule has 16 heavy (non-hydrogen) atoms. The largest absolute Gasteiger partial charge is 0.480 e. The van der Waals surface area contributed by atoms with Crippen LogP contribution in [0.5, 0.6) is 0 Å². The summed E-state index contributed by atoms with van der Waals surface area (Å²) in [6.45, 7) is -0.666. The van der Waals surface area contributed by atoms with Gasteiger partial charge in [0.1, 0.15) is 6.54 Å². The molecule has 0 fully saturated rings. The van der Waals surface area contributed by atoms with Gasteiger partial charge in [0, 0.05) is 5.56 Å². The first-order chi connectivity index (χ1) is 7.45. The fourth-order valence-corrected chi connectivity index (χ4v) is 1.93. The molecule has 0 bridgehead atoms. The van der Waals surface area contributed by atoms with E-state index in [0.29, 0.717) is 5.56 Å². The van der Waals surface area contributed by atoms with Gasteiger partial charge in [0.05, 0.1) is 4.90 Å². The van der Waals surface area contributed by atoms with Crippen molar-refractivity contribution in [1.82, 2.24) is 4.72 Å². The van der Waals surface area contributed by atoms with E-state index in [2.05, 4.69) is 5.92 Å². The Bertz CT molecular complexity index is 525. The summed E-state index contributed by atoms with van der Waals surface area (Å²) in [6, 6.07) is 5.37.